The monoisotopic (exact) mass is 242 g/mol. The van der Waals surface area contributed by atoms with Crippen molar-refractivity contribution in [1.29, 1.82) is 0 Å². The predicted octanol–water partition coefficient (Wildman–Crippen LogP) is 2.25. The average Bonchev–Trinajstić information content (AvgIpc) is 2.35. The molecule has 2 atom stereocenters. The van der Waals surface area contributed by atoms with E-state index in [2.05, 4.69) is 32.6 Å². The molecule has 2 N–H and O–H groups in total. The summed E-state index contributed by atoms with van der Waals surface area (Å²) >= 11 is 0. The van der Waals surface area contributed by atoms with Crippen LogP contribution >= 0.6 is 0 Å². The molecule has 0 aromatic heterocycles. The first-order valence-electron chi connectivity index (χ1n) is 7.14. The van der Waals surface area contributed by atoms with E-state index >= 15 is 0 Å². The molecule has 17 heavy (non-hydrogen) atoms. The number of likely N-dealkylation sites (N-methyl/N-ethyl adjacent to an activating group) is 1. The molecule has 0 saturated carbocycles. The van der Waals surface area contributed by atoms with Crippen molar-refractivity contribution in [1.82, 2.24) is 4.90 Å². The van der Waals surface area contributed by atoms with Crippen LogP contribution in [-0.2, 0) is 4.74 Å². The second-order valence-corrected chi connectivity index (χ2v) is 5.72. The van der Waals surface area contributed by atoms with Gasteiger partial charge in [0.1, 0.15) is 0 Å². The van der Waals surface area contributed by atoms with Gasteiger partial charge in [-0.05, 0) is 31.7 Å². The topological polar surface area (TPSA) is 38.5 Å². The Morgan fingerprint density at radius 2 is 2.12 bits per heavy atom. The summed E-state index contributed by atoms with van der Waals surface area (Å²) < 4.78 is 5.80. The molecule has 0 aromatic carbocycles. The van der Waals surface area contributed by atoms with E-state index in [9.17, 15) is 0 Å². The van der Waals surface area contributed by atoms with Crippen LogP contribution in [0.5, 0.6) is 0 Å². The highest BCUT2D eigenvalue weighted by atomic mass is 16.5. The number of ether oxygens (including phenoxy) is 1. The number of hydrogen-bond acceptors (Lipinski definition) is 3. The highest BCUT2D eigenvalue weighted by Gasteiger charge is 2.39. The quantitative estimate of drug-likeness (QED) is 0.776. The van der Waals surface area contributed by atoms with E-state index < -0.39 is 0 Å². The van der Waals surface area contributed by atoms with E-state index in [1.54, 1.807) is 0 Å². The van der Waals surface area contributed by atoms with E-state index in [1.165, 1.54) is 0 Å². The molecule has 3 nitrogen and oxygen atoms in total. The lowest BCUT2D eigenvalue weighted by Crippen LogP contribution is -2.59. The lowest BCUT2D eigenvalue weighted by molar-refractivity contribution is -0.0734. The minimum absolute atomic E-state index is 0.179. The van der Waals surface area contributed by atoms with Crippen LogP contribution in [0.1, 0.15) is 47.0 Å². The van der Waals surface area contributed by atoms with Gasteiger partial charge in [-0.25, -0.2) is 0 Å². The zero-order chi connectivity index (χ0) is 12.9. The third-order valence-electron chi connectivity index (χ3n) is 4.00. The molecule has 1 rings (SSSR count). The van der Waals surface area contributed by atoms with Gasteiger partial charge in [0.15, 0.2) is 0 Å². The number of rotatable bonds is 6. The van der Waals surface area contributed by atoms with Gasteiger partial charge >= 0.3 is 0 Å². The van der Waals surface area contributed by atoms with E-state index in [0.717, 1.165) is 45.5 Å². The lowest BCUT2D eigenvalue weighted by Gasteiger charge is -2.48. The third kappa shape index (κ3) is 3.67. The van der Waals surface area contributed by atoms with Crippen LogP contribution in [0.2, 0.25) is 0 Å². The smallest absolute Gasteiger partial charge is 0.0590 e. The molecule has 1 aliphatic rings. The molecule has 0 spiro atoms. The second-order valence-electron chi connectivity index (χ2n) is 5.72. The number of hydrogen-bond donors (Lipinski definition) is 1. The Morgan fingerprint density at radius 3 is 2.59 bits per heavy atom. The molecular weight excluding hydrogens is 212 g/mol. The molecule has 0 amide bonds. The molecule has 1 aliphatic heterocycles. The SMILES string of the molecule is CCC1CC(CN)(N(CC)CC(C)C)CCO1. The van der Waals surface area contributed by atoms with Crippen molar-refractivity contribution in [3.63, 3.8) is 0 Å². The largest absolute Gasteiger partial charge is 0.378 e. The van der Waals surface area contributed by atoms with Crippen molar-refractivity contribution < 1.29 is 4.74 Å². The van der Waals surface area contributed by atoms with Gasteiger partial charge in [0, 0.05) is 25.2 Å². The molecular formula is C14H30N2O. The molecule has 0 aliphatic carbocycles. The lowest BCUT2D eigenvalue weighted by atomic mass is 9.83. The molecule has 102 valence electrons. The van der Waals surface area contributed by atoms with Crippen LogP contribution in [-0.4, -0.2) is 42.8 Å². The van der Waals surface area contributed by atoms with Crippen LogP contribution in [0.3, 0.4) is 0 Å². The number of nitrogens with two attached hydrogens (primary N) is 1. The van der Waals surface area contributed by atoms with Crippen molar-refractivity contribution in [2.75, 3.05) is 26.2 Å². The van der Waals surface area contributed by atoms with Crippen LogP contribution < -0.4 is 5.73 Å². The summed E-state index contributed by atoms with van der Waals surface area (Å²) in [6.07, 6.45) is 3.68. The zero-order valence-electron chi connectivity index (χ0n) is 12.0. The van der Waals surface area contributed by atoms with E-state index in [1.807, 2.05) is 0 Å². The molecule has 3 heteroatoms. The molecule has 0 aromatic rings. The summed E-state index contributed by atoms with van der Waals surface area (Å²) in [5.41, 5.74) is 6.29. The van der Waals surface area contributed by atoms with Gasteiger partial charge in [-0.15, -0.1) is 0 Å². The Hall–Kier alpha value is -0.120. The van der Waals surface area contributed by atoms with Gasteiger partial charge in [-0.3, -0.25) is 4.90 Å². The predicted molar refractivity (Wildman–Crippen MR) is 73.1 cm³/mol. The Balaban J connectivity index is 2.76. The maximum absolute atomic E-state index is 6.11. The van der Waals surface area contributed by atoms with Crippen LogP contribution in [0.4, 0.5) is 0 Å². The first-order valence-corrected chi connectivity index (χ1v) is 7.14. The van der Waals surface area contributed by atoms with Gasteiger partial charge in [0.2, 0.25) is 0 Å². The summed E-state index contributed by atoms with van der Waals surface area (Å²) in [6, 6.07) is 0. The Bertz CT molecular complexity index is 220. The number of nitrogens with zero attached hydrogens (tertiary/aromatic N) is 1. The minimum Gasteiger partial charge on any atom is -0.378 e. The van der Waals surface area contributed by atoms with Crippen LogP contribution in [0, 0.1) is 5.92 Å². The fourth-order valence-electron chi connectivity index (χ4n) is 2.96. The fraction of sp³-hybridized carbons (Fsp3) is 1.00. The van der Waals surface area contributed by atoms with Gasteiger partial charge in [-0.2, -0.15) is 0 Å². The highest BCUT2D eigenvalue weighted by Crippen LogP contribution is 2.31. The van der Waals surface area contributed by atoms with Gasteiger partial charge in [0.05, 0.1) is 6.10 Å². The van der Waals surface area contributed by atoms with E-state index in [4.69, 9.17) is 10.5 Å². The first-order chi connectivity index (χ1) is 8.07. The Kier molecular flexibility index (Phi) is 5.90. The summed E-state index contributed by atoms with van der Waals surface area (Å²) in [5.74, 6) is 0.696. The molecule has 1 heterocycles. The zero-order valence-corrected chi connectivity index (χ0v) is 12.0. The van der Waals surface area contributed by atoms with Crippen molar-refractivity contribution in [3.05, 3.63) is 0 Å². The second kappa shape index (κ2) is 6.72. The van der Waals surface area contributed by atoms with Crippen molar-refractivity contribution in [2.45, 2.75) is 58.6 Å². The summed E-state index contributed by atoms with van der Waals surface area (Å²) in [4.78, 5) is 2.59. The molecule has 0 radical (unpaired) electrons. The van der Waals surface area contributed by atoms with Crippen LogP contribution in [0.15, 0.2) is 0 Å². The minimum atomic E-state index is 0.179. The fourth-order valence-corrected chi connectivity index (χ4v) is 2.96. The van der Waals surface area contributed by atoms with E-state index in [-0.39, 0.29) is 5.54 Å². The van der Waals surface area contributed by atoms with Crippen molar-refractivity contribution in [3.8, 4) is 0 Å². The average molecular weight is 242 g/mol. The highest BCUT2D eigenvalue weighted by molar-refractivity contribution is 4.96. The Morgan fingerprint density at radius 1 is 1.41 bits per heavy atom. The third-order valence-corrected chi connectivity index (χ3v) is 4.00. The molecule has 1 saturated heterocycles. The molecule has 1 fully saturated rings. The first kappa shape index (κ1) is 14.9. The van der Waals surface area contributed by atoms with Crippen molar-refractivity contribution >= 4 is 0 Å². The summed E-state index contributed by atoms with van der Waals surface area (Å²) in [7, 11) is 0. The Labute approximate surface area is 107 Å². The van der Waals surface area contributed by atoms with Crippen molar-refractivity contribution in [2.24, 2.45) is 11.7 Å². The maximum Gasteiger partial charge on any atom is 0.0590 e. The van der Waals surface area contributed by atoms with Gasteiger partial charge in [0.25, 0.3) is 0 Å². The van der Waals surface area contributed by atoms with Gasteiger partial charge < -0.3 is 10.5 Å². The molecule has 0 bridgehead atoms. The molecule has 2 unspecified atom stereocenters. The normalized spacial score (nSPS) is 30.2. The summed E-state index contributed by atoms with van der Waals surface area (Å²) in [6.45, 7) is 12.9. The van der Waals surface area contributed by atoms with Crippen LogP contribution in [0.25, 0.3) is 0 Å². The summed E-state index contributed by atoms with van der Waals surface area (Å²) in [5, 5.41) is 0. The van der Waals surface area contributed by atoms with Gasteiger partial charge in [-0.1, -0.05) is 27.7 Å². The maximum atomic E-state index is 6.11. The van der Waals surface area contributed by atoms with E-state index in [0.29, 0.717) is 12.0 Å². The standard InChI is InChI=1S/C14H30N2O/c1-5-13-9-14(11-15,7-8-17-13)16(6-2)10-12(3)4/h12-13H,5-11,15H2,1-4H3.